The number of halogens is 3. The average Bonchev–Trinajstić information content (AvgIpc) is 2.42. The minimum atomic E-state index is -0.341. The molecule has 0 aliphatic carbocycles. The van der Waals surface area contributed by atoms with Crippen LogP contribution in [-0.2, 0) is 6.42 Å². The second kappa shape index (κ2) is 6.33. The van der Waals surface area contributed by atoms with Crippen molar-refractivity contribution in [2.45, 2.75) is 19.4 Å². The molecule has 1 N–H and O–H groups in total. The lowest BCUT2D eigenvalue weighted by atomic mass is 9.95. The molecule has 0 saturated carbocycles. The van der Waals surface area contributed by atoms with E-state index in [9.17, 15) is 8.78 Å². The molecule has 1 unspecified atom stereocenters. The summed E-state index contributed by atoms with van der Waals surface area (Å²) in [5.74, 6) is -0.641. The summed E-state index contributed by atoms with van der Waals surface area (Å²) in [5.41, 5.74) is 2.21. The summed E-state index contributed by atoms with van der Waals surface area (Å²) >= 11 is 6.05. The molecular weight excluding hydrogens is 280 g/mol. The fourth-order valence-corrected chi connectivity index (χ4v) is 2.53. The molecule has 0 amide bonds. The first-order valence-corrected chi connectivity index (χ1v) is 6.77. The summed E-state index contributed by atoms with van der Waals surface area (Å²) in [6.45, 7) is 1.90. The van der Waals surface area contributed by atoms with Crippen LogP contribution in [0.15, 0.2) is 36.4 Å². The number of benzene rings is 2. The molecular formula is C16H16ClF2N. The molecule has 106 valence electrons. The molecule has 2 aromatic carbocycles. The Hall–Kier alpha value is -1.45. The maximum atomic E-state index is 13.9. The van der Waals surface area contributed by atoms with Crippen molar-refractivity contribution in [1.82, 2.24) is 5.32 Å². The van der Waals surface area contributed by atoms with Gasteiger partial charge in [-0.25, -0.2) is 8.78 Å². The van der Waals surface area contributed by atoms with Crippen molar-refractivity contribution < 1.29 is 8.78 Å². The Balaban J connectivity index is 2.36. The van der Waals surface area contributed by atoms with E-state index >= 15 is 0 Å². The summed E-state index contributed by atoms with van der Waals surface area (Å²) < 4.78 is 27.3. The molecule has 0 aliphatic rings. The second-order valence-electron chi connectivity index (χ2n) is 4.75. The summed E-state index contributed by atoms with van der Waals surface area (Å²) in [7, 11) is 1.77. The van der Waals surface area contributed by atoms with Gasteiger partial charge in [0.05, 0.1) is 0 Å². The van der Waals surface area contributed by atoms with E-state index in [1.807, 2.05) is 6.92 Å². The van der Waals surface area contributed by atoms with E-state index < -0.39 is 0 Å². The largest absolute Gasteiger partial charge is 0.313 e. The Bertz CT molecular complexity index is 593. The van der Waals surface area contributed by atoms with Crippen LogP contribution in [0.3, 0.4) is 0 Å². The maximum Gasteiger partial charge on any atom is 0.127 e. The number of rotatable bonds is 4. The van der Waals surface area contributed by atoms with Gasteiger partial charge in [-0.2, -0.15) is 0 Å². The van der Waals surface area contributed by atoms with Crippen LogP contribution in [0.4, 0.5) is 8.78 Å². The van der Waals surface area contributed by atoms with Gasteiger partial charge in [0.2, 0.25) is 0 Å². The Kier molecular flexibility index (Phi) is 4.73. The molecule has 0 aliphatic heterocycles. The average molecular weight is 296 g/mol. The molecule has 1 atom stereocenters. The van der Waals surface area contributed by atoms with E-state index in [-0.39, 0.29) is 17.7 Å². The van der Waals surface area contributed by atoms with Crippen LogP contribution in [0.2, 0.25) is 5.02 Å². The third-order valence-electron chi connectivity index (χ3n) is 3.44. The molecule has 2 rings (SSSR count). The maximum absolute atomic E-state index is 13.9. The molecule has 20 heavy (non-hydrogen) atoms. The van der Waals surface area contributed by atoms with Gasteiger partial charge >= 0.3 is 0 Å². The van der Waals surface area contributed by atoms with Crippen LogP contribution in [0.5, 0.6) is 0 Å². The van der Waals surface area contributed by atoms with Gasteiger partial charge in [0.1, 0.15) is 11.6 Å². The van der Waals surface area contributed by atoms with Crippen LogP contribution >= 0.6 is 11.6 Å². The zero-order valence-corrected chi connectivity index (χ0v) is 12.1. The highest BCUT2D eigenvalue weighted by molar-refractivity contribution is 6.31. The highest BCUT2D eigenvalue weighted by Crippen LogP contribution is 2.27. The summed E-state index contributed by atoms with van der Waals surface area (Å²) in [6, 6.07) is 9.03. The minimum Gasteiger partial charge on any atom is -0.313 e. The van der Waals surface area contributed by atoms with Gasteiger partial charge in [-0.05, 0) is 55.8 Å². The van der Waals surface area contributed by atoms with Gasteiger partial charge in [-0.3, -0.25) is 0 Å². The van der Waals surface area contributed by atoms with Crippen LogP contribution in [0.1, 0.15) is 22.7 Å². The van der Waals surface area contributed by atoms with E-state index in [4.69, 9.17) is 11.6 Å². The van der Waals surface area contributed by atoms with Gasteiger partial charge in [0, 0.05) is 16.6 Å². The first-order chi connectivity index (χ1) is 9.52. The molecule has 0 bridgehead atoms. The summed E-state index contributed by atoms with van der Waals surface area (Å²) in [4.78, 5) is 0. The van der Waals surface area contributed by atoms with E-state index in [1.54, 1.807) is 25.2 Å². The van der Waals surface area contributed by atoms with Crippen molar-refractivity contribution in [3.63, 3.8) is 0 Å². The Morgan fingerprint density at radius 2 is 1.95 bits per heavy atom. The van der Waals surface area contributed by atoms with Gasteiger partial charge < -0.3 is 5.32 Å². The van der Waals surface area contributed by atoms with Gasteiger partial charge in [-0.1, -0.05) is 23.7 Å². The molecule has 2 aromatic rings. The Labute approximate surface area is 122 Å². The molecule has 4 heteroatoms. The zero-order valence-electron chi connectivity index (χ0n) is 11.4. The van der Waals surface area contributed by atoms with Crippen molar-refractivity contribution in [1.29, 1.82) is 0 Å². The lowest BCUT2D eigenvalue weighted by molar-refractivity contribution is 0.547. The van der Waals surface area contributed by atoms with Crippen molar-refractivity contribution in [2.75, 3.05) is 7.05 Å². The fraction of sp³-hybridized carbons (Fsp3) is 0.250. The normalized spacial score (nSPS) is 12.4. The molecule has 0 heterocycles. The monoisotopic (exact) mass is 295 g/mol. The number of aryl methyl sites for hydroxylation is 1. The lowest BCUT2D eigenvalue weighted by Crippen LogP contribution is -2.20. The topological polar surface area (TPSA) is 12.0 Å². The molecule has 0 aromatic heterocycles. The van der Waals surface area contributed by atoms with E-state index in [0.29, 0.717) is 17.0 Å². The first kappa shape index (κ1) is 14.9. The van der Waals surface area contributed by atoms with Crippen molar-refractivity contribution in [3.05, 3.63) is 69.7 Å². The lowest BCUT2D eigenvalue weighted by Gasteiger charge is -2.20. The van der Waals surface area contributed by atoms with Gasteiger partial charge in [-0.15, -0.1) is 0 Å². The number of hydrogen-bond acceptors (Lipinski definition) is 1. The van der Waals surface area contributed by atoms with Crippen molar-refractivity contribution in [3.8, 4) is 0 Å². The molecule has 1 nitrogen and oxygen atoms in total. The minimum absolute atomic E-state index is 0.194. The van der Waals surface area contributed by atoms with E-state index in [1.165, 1.54) is 18.2 Å². The predicted octanol–water partition coefficient (Wildman–Crippen LogP) is 4.43. The van der Waals surface area contributed by atoms with E-state index in [2.05, 4.69) is 5.32 Å². The zero-order chi connectivity index (χ0) is 14.7. The first-order valence-electron chi connectivity index (χ1n) is 6.39. The van der Waals surface area contributed by atoms with Crippen LogP contribution in [0.25, 0.3) is 0 Å². The van der Waals surface area contributed by atoms with Gasteiger partial charge in [0.25, 0.3) is 0 Å². The molecule has 0 saturated heterocycles. The summed E-state index contributed by atoms with van der Waals surface area (Å²) in [6.07, 6.45) is 0.367. The van der Waals surface area contributed by atoms with Crippen molar-refractivity contribution >= 4 is 11.6 Å². The van der Waals surface area contributed by atoms with Crippen LogP contribution in [-0.4, -0.2) is 7.05 Å². The smallest absolute Gasteiger partial charge is 0.127 e. The number of likely N-dealkylation sites (N-methyl/N-ethyl adjacent to an activating group) is 1. The second-order valence-corrected chi connectivity index (χ2v) is 5.15. The third kappa shape index (κ3) is 3.17. The number of hydrogen-bond donors (Lipinski definition) is 1. The molecule has 0 radical (unpaired) electrons. The predicted molar refractivity (Wildman–Crippen MR) is 78.1 cm³/mol. The SMILES string of the molecule is CNC(Cc1c(F)cccc1Cl)c1cc(F)ccc1C. The number of nitrogens with one attached hydrogen (secondary N) is 1. The standard InChI is InChI=1S/C16H16ClF2N/c1-10-6-7-11(18)8-12(10)16(20-2)9-13-14(17)4-3-5-15(13)19/h3-8,16,20H,9H2,1-2H3. The molecule has 0 fully saturated rings. The Morgan fingerprint density at radius 1 is 1.20 bits per heavy atom. The third-order valence-corrected chi connectivity index (χ3v) is 3.79. The highest BCUT2D eigenvalue weighted by Gasteiger charge is 2.17. The Morgan fingerprint density at radius 3 is 2.60 bits per heavy atom. The van der Waals surface area contributed by atoms with Gasteiger partial charge in [0.15, 0.2) is 0 Å². The van der Waals surface area contributed by atoms with Crippen molar-refractivity contribution in [2.24, 2.45) is 0 Å². The van der Waals surface area contributed by atoms with Crippen LogP contribution < -0.4 is 5.32 Å². The summed E-state index contributed by atoms with van der Waals surface area (Å²) in [5, 5.41) is 3.49. The highest BCUT2D eigenvalue weighted by atomic mass is 35.5. The molecule has 0 spiro atoms. The van der Waals surface area contributed by atoms with Crippen LogP contribution in [0, 0.1) is 18.6 Å². The fourth-order valence-electron chi connectivity index (χ4n) is 2.29. The van der Waals surface area contributed by atoms with E-state index in [0.717, 1.165) is 11.1 Å². The quantitative estimate of drug-likeness (QED) is 0.880.